The van der Waals surface area contributed by atoms with Gasteiger partial charge in [0.1, 0.15) is 0 Å². The molecule has 1 aromatic carbocycles. The number of carbonyl (C=O) groups excluding carboxylic acids is 1. The monoisotopic (exact) mass is 274 g/mol. The Hall–Kier alpha value is -1.35. The van der Waals surface area contributed by atoms with Crippen LogP contribution >= 0.6 is 0 Å². The summed E-state index contributed by atoms with van der Waals surface area (Å²) in [6.07, 6.45) is 2.52. The SMILES string of the molecule is Cc1ccc(CCC(=O)N2CCC(C)C(CN)C2)cc1. The van der Waals surface area contributed by atoms with Gasteiger partial charge in [-0.05, 0) is 43.7 Å². The molecule has 1 aliphatic heterocycles. The maximum atomic E-state index is 12.3. The number of benzene rings is 1. The Kier molecular flexibility index (Phi) is 5.18. The van der Waals surface area contributed by atoms with E-state index in [1.807, 2.05) is 4.90 Å². The highest BCUT2D eigenvalue weighted by Crippen LogP contribution is 2.22. The average molecular weight is 274 g/mol. The second-order valence-electron chi connectivity index (χ2n) is 6.09. The first-order chi connectivity index (χ1) is 9.60. The van der Waals surface area contributed by atoms with Crippen molar-refractivity contribution in [2.45, 2.75) is 33.1 Å². The van der Waals surface area contributed by atoms with Crippen LogP contribution in [0.5, 0.6) is 0 Å². The lowest BCUT2D eigenvalue weighted by Gasteiger charge is -2.36. The first kappa shape index (κ1) is 15.0. The molecule has 3 nitrogen and oxygen atoms in total. The molecule has 3 heteroatoms. The molecule has 0 spiro atoms. The number of hydrogen-bond acceptors (Lipinski definition) is 2. The first-order valence-electron chi connectivity index (χ1n) is 7.63. The van der Waals surface area contributed by atoms with Gasteiger partial charge in [0.05, 0.1) is 0 Å². The number of carbonyl (C=O) groups is 1. The molecule has 0 bridgehead atoms. The van der Waals surface area contributed by atoms with Crippen molar-refractivity contribution in [1.82, 2.24) is 4.90 Å². The summed E-state index contributed by atoms with van der Waals surface area (Å²) >= 11 is 0. The number of aryl methyl sites for hydroxylation is 2. The number of nitrogens with zero attached hydrogens (tertiary/aromatic N) is 1. The van der Waals surface area contributed by atoms with Gasteiger partial charge in [0, 0.05) is 19.5 Å². The van der Waals surface area contributed by atoms with Crippen LogP contribution < -0.4 is 5.73 Å². The normalized spacial score (nSPS) is 22.9. The largest absolute Gasteiger partial charge is 0.342 e. The second kappa shape index (κ2) is 6.89. The number of piperidine rings is 1. The van der Waals surface area contributed by atoms with Crippen LogP contribution in [0.4, 0.5) is 0 Å². The molecule has 1 heterocycles. The molecular weight excluding hydrogens is 248 g/mol. The summed E-state index contributed by atoms with van der Waals surface area (Å²) < 4.78 is 0. The second-order valence-corrected chi connectivity index (χ2v) is 6.09. The summed E-state index contributed by atoms with van der Waals surface area (Å²) in [5, 5.41) is 0. The topological polar surface area (TPSA) is 46.3 Å². The van der Waals surface area contributed by atoms with Crippen LogP contribution in [-0.2, 0) is 11.2 Å². The van der Waals surface area contributed by atoms with Gasteiger partial charge in [-0.25, -0.2) is 0 Å². The Balaban J connectivity index is 1.84. The van der Waals surface area contributed by atoms with Crippen LogP contribution in [0.1, 0.15) is 30.9 Å². The zero-order chi connectivity index (χ0) is 14.5. The van der Waals surface area contributed by atoms with Crippen molar-refractivity contribution < 1.29 is 4.79 Å². The van der Waals surface area contributed by atoms with Gasteiger partial charge in [0.25, 0.3) is 0 Å². The summed E-state index contributed by atoms with van der Waals surface area (Å²) in [7, 11) is 0. The number of amides is 1. The molecule has 0 aliphatic carbocycles. The van der Waals surface area contributed by atoms with Crippen LogP contribution in [0, 0.1) is 18.8 Å². The van der Waals surface area contributed by atoms with E-state index in [1.165, 1.54) is 11.1 Å². The van der Waals surface area contributed by atoms with Gasteiger partial charge in [-0.1, -0.05) is 36.8 Å². The zero-order valence-corrected chi connectivity index (χ0v) is 12.6. The molecule has 1 amide bonds. The minimum absolute atomic E-state index is 0.274. The molecule has 0 saturated carbocycles. The highest BCUT2D eigenvalue weighted by Gasteiger charge is 2.27. The van der Waals surface area contributed by atoms with Gasteiger partial charge >= 0.3 is 0 Å². The van der Waals surface area contributed by atoms with E-state index in [9.17, 15) is 4.79 Å². The van der Waals surface area contributed by atoms with Crippen LogP contribution in [0.2, 0.25) is 0 Å². The highest BCUT2D eigenvalue weighted by atomic mass is 16.2. The predicted molar refractivity (Wildman–Crippen MR) is 82.4 cm³/mol. The Morgan fingerprint density at radius 2 is 2.05 bits per heavy atom. The van der Waals surface area contributed by atoms with Crippen molar-refractivity contribution in [3.8, 4) is 0 Å². The van der Waals surface area contributed by atoms with E-state index in [0.29, 0.717) is 24.8 Å². The molecule has 2 N–H and O–H groups in total. The molecule has 2 rings (SSSR count). The maximum Gasteiger partial charge on any atom is 0.222 e. The minimum Gasteiger partial charge on any atom is -0.342 e. The number of rotatable bonds is 4. The Morgan fingerprint density at radius 1 is 1.35 bits per heavy atom. The van der Waals surface area contributed by atoms with Crippen LogP contribution in [-0.4, -0.2) is 30.4 Å². The lowest BCUT2D eigenvalue weighted by Crippen LogP contribution is -2.45. The molecular formula is C17H26N2O. The van der Waals surface area contributed by atoms with E-state index >= 15 is 0 Å². The van der Waals surface area contributed by atoms with Gasteiger partial charge < -0.3 is 10.6 Å². The summed E-state index contributed by atoms with van der Waals surface area (Å²) in [6, 6.07) is 8.44. The quantitative estimate of drug-likeness (QED) is 0.916. The number of nitrogens with two attached hydrogens (primary N) is 1. The fourth-order valence-corrected chi connectivity index (χ4v) is 2.85. The first-order valence-corrected chi connectivity index (χ1v) is 7.63. The molecule has 2 unspecified atom stereocenters. The molecule has 2 atom stereocenters. The van der Waals surface area contributed by atoms with Gasteiger partial charge in [0.15, 0.2) is 0 Å². The Morgan fingerprint density at radius 3 is 2.70 bits per heavy atom. The van der Waals surface area contributed by atoms with E-state index in [1.54, 1.807) is 0 Å². The third kappa shape index (κ3) is 3.83. The molecule has 1 fully saturated rings. The number of likely N-dealkylation sites (tertiary alicyclic amines) is 1. The molecule has 1 aliphatic rings. The Labute approximate surface area is 122 Å². The van der Waals surface area contributed by atoms with Crippen molar-refractivity contribution in [1.29, 1.82) is 0 Å². The van der Waals surface area contributed by atoms with Gasteiger partial charge in [-0.2, -0.15) is 0 Å². The van der Waals surface area contributed by atoms with Crippen molar-refractivity contribution in [2.24, 2.45) is 17.6 Å². The summed E-state index contributed by atoms with van der Waals surface area (Å²) in [4.78, 5) is 14.3. The van der Waals surface area contributed by atoms with Gasteiger partial charge in [0.2, 0.25) is 5.91 Å². The van der Waals surface area contributed by atoms with Crippen molar-refractivity contribution >= 4 is 5.91 Å². The van der Waals surface area contributed by atoms with Crippen molar-refractivity contribution in [3.63, 3.8) is 0 Å². The van der Waals surface area contributed by atoms with E-state index in [2.05, 4.69) is 38.1 Å². The molecule has 20 heavy (non-hydrogen) atoms. The molecule has 110 valence electrons. The summed E-state index contributed by atoms with van der Waals surface area (Å²) in [5.74, 6) is 1.38. The summed E-state index contributed by atoms with van der Waals surface area (Å²) in [5.41, 5.74) is 8.30. The van der Waals surface area contributed by atoms with Gasteiger partial charge in [-0.3, -0.25) is 4.79 Å². The molecule has 0 radical (unpaired) electrons. The highest BCUT2D eigenvalue weighted by molar-refractivity contribution is 5.76. The Bertz CT molecular complexity index is 441. The lowest BCUT2D eigenvalue weighted by atomic mass is 9.87. The third-order valence-electron chi connectivity index (χ3n) is 4.52. The maximum absolute atomic E-state index is 12.3. The number of hydrogen-bond donors (Lipinski definition) is 1. The third-order valence-corrected chi connectivity index (χ3v) is 4.52. The van der Waals surface area contributed by atoms with E-state index in [0.717, 1.165) is 25.9 Å². The lowest BCUT2D eigenvalue weighted by molar-refractivity contribution is -0.133. The molecule has 1 aromatic rings. The van der Waals surface area contributed by atoms with Crippen LogP contribution in [0.3, 0.4) is 0 Å². The summed E-state index contributed by atoms with van der Waals surface area (Å²) in [6.45, 7) is 6.74. The molecule has 1 saturated heterocycles. The van der Waals surface area contributed by atoms with Crippen molar-refractivity contribution in [2.75, 3.05) is 19.6 Å². The minimum atomic E-state index is 0.274. The van der Waals surface area contributed by atoms with E-state index < -0.39 is 0 Å². The van der Waals surface area contributed by atoms with Crippen LogP contribution in [0.25, 0.3) is 0 Å². The fraction of sp³-hybridized carbons (Fsp3) is 0.588. The van der Waals surface area contributed by atoms with Crippen LogP contribution in [0.15, 0.2) is 24.3 Å². The molecule has 0 aromatic heterocycles. The predicted octanol–water partition coefficient (Wildman–Crippen LogP) is 2.37. The van der Waals surface area contributed by atoms with E-state index in [-0.39, 0.29) is 5.91 Å². The fourth-order valence-electron chi connectivity index (χ4n) is 2.85. The standard InChI is InChI=1S/C17H26N2O/c1-13-3-5-15(6-4-13)7-8-17(20)19-10-9-14(2)16(11-18)12-19/h3-6,14,16H,7-12,18H2,1-2H3. The smallest absolute Gasteiger partial charge is 0.222 e. The van der Waals surface area contributed by atoms with E-state index in [4.69, 9.17) is 5.73 Å². The van der Waals surface area contributed by atoms with Gasteiger partial charge in [-0.15, -0.1) is 0 Å². The average Bonchev–Trinajstić information content (AvgIpc) is 2.47. The zero-order valence-electron chi connectivity index (χ0n) is 12.6. The van der Waals surface area contributed by atoms with Crippen molar-refractivity contribution in [3.05, 3.63) is 35.4 Å².